The Labute approximate surface area is 121 Å². The molecule has 0 amide bonds. The summed E-state index contributed by atoms with van der Waals surface area (Å²) in [6.45, 7) is 11.8. The molecular formula is C17H26N2O. The van der Waals surface area contributed by atoms with Crippen LogP contribution in [-0.4, -0.2) is 17.8 Å². The van der Waals surface area contributed by atoms with E-state index in [1.54, 1.807) is 0 Å². The first-order valence-corrected chi connectivity index (χ1v) is 7.40. The van der Waals surface area contributed by atoms with Crippen molar-refractivity contribution < 1.29 is 4.74 Å². The number of hydrogen-bond donors (Lipinski definition) is 1. The molecule has 110 valence electrons. The lowest BCUT2D eigenvalue weighted by Crippen LogP contribution is -2.10. The standard InChI is InChI=1S/C17H26N2O/c1-12(2)11-20-8-7-19-14(4)13(3)16-9-15(10-18)5-6-17(16)19/h5-6,9,12H,7-8,10-11,18H2,1-4H3. The Hall–Kier alpha value is -1.32. The second-order valence-electron chi connectivity index (χ2n) is 5.89. The third-order valence-electron chi connectivity index (χ3n) is 3.85. The van der Waals surface area contributed by atoms with Crippen LogP contribution in [0.1, 0.15) is 30.7 Å². The monoisotopic (exact) mass is 274 g/mol. The van der Waals surface area contributed by atoms with Crippen molar-refractivity contribution in [3.8, 4) is 0 Å². The number of rotatable bonds is 6. The van der Waals surface area contributed by atoms with Crippen molar-refractivity contribution in [2.45, 2.75) is 40.8 Å². The predicted octanol–water partition coefficient (Wildman–Crippen LogP) is 3.39. The molecule has 2 aromatic rings. The first-order chi connectivity index (χ1) is 9.54. The molecule has 0 unspecified atom stereocenters. The van der Waals surface area contributed by atoms with Crippen LogP contribution in [0.3, 0.4) is 0 Å². The van der Waals surface area contributed by atoms with Gasteiger partial charge in [0.25, 0.3) is 0 Å². The van der Waals surface area contributed by atoms with Crippen molar-refractivity contribution in [1.82, 2.24) is 4.57 Å². The summed E-state index contributed by atoms with van der Waals surface area (Å²) >= 11 is 0. The summed E-state index contributed by atoms with van der Waals surface area (Å²) in [6, 6.07) is 6.51. The number of aromatic nitrogens is 1. The Balaban J connectivity index is 2.22. The van der Waals surface area contributed by atoms with Crippen LogP contribution in [0.25, 0.3) is 10.9 Å². The van der Waals surface area contributed by atoms with Gasteiger partial charge in [-0.1, -0.05) is 19.9 Å². The van der Waals surface area contributed by atoms with Gasteiger partial charge in [-0.2, -0.15) is 0 Å². The average molecular weight is 274 g/mol. The van der Waals surface area contributed by atoms with E-state index in [-0.39, 0.29) is 0 Å². The summed E-state index contributed by atoms with van der Waals surface area (Å²) in [5, 5.41) is 1.31. The van der Waals surface area contributed by atoms with Crippen LogP contribution < -0.4 is 5.73 Å². The van der Waals surface area contributed by atoms with Gasteiger partial charge in [0.2, 0.25) is 0 Å². The molecule has 0 bridgehead atoms. The van der Waals surface area contributed by atoms with Crippen LogP contribution >= 0.6 is 0 Å². The summed E-state index contributed by atoms with van der Waals surface area (Å²) in [6.07, 6.45) is 0. The Bertz CT molecular complexity index is 584. The SMILES string of the molecule is Cc1c(C)n(CCOCC(C)C)c2ccc(CN)cc12. The zero-order valence-electron chi connectivity index (χ0n) is 13.1. The number of aryl methyl sites for hydroxylation is 1. The Kier molecular flexibility index (Phi) is 4.84. The molecule has 0 spiro atoms. The summed E-state index contributed by atoms with van der Waals surface area (Å²) in [7, 11) is 0. The summed E-state index contributed by atoms with van der Waals surface area (Å²) in [5.41, 5.74) is 10.9. The van der Waals surface area contributed by atoms with E-state index < -0.39 is 0 Å². The molecule has 20 heavy (non-hydrogen) atoms. The molecular weight excluding hydrogens is 248 g/mol. The molecule has 3 nitrogen and oxygen atoms in total. The lowest BCUT2D eigenvalue weighted by atomic mass is 10.1. The highest BCUT2D eigenvalue weighted by molar-refractivity contribution is 5.86. The van der Waals surface area contributed by atoms with Gasteiger partial charge >= 0.3 is 0 Å². The maximum absolute atomic E-state index is 5.74. The summed E-state index contributed by atoms with van der Waals surface area (Å²) in [4.78, 5) is 0. The maximum atomic E-state index is 5.74. The Morgan fingerprint density at radius 3 is 2.65 bits per heavy atom. The van der Waals surface area contributed by atoms with Gasteiger partial charge in [0.1, 0.15) is 0 Å². The van der Waals surface area contributed by atoms with Crippen LogP contribution in [0.4, 0.5) is 0 Å². The van der Waals surface area contributed by atoms with Crippen molar-refractivity contribution >= 4 is 10.9 Å². The lowest BCUT2D eigenvalue weighted by molar-refractivity contribution is 0.103. The molecule has 1 aromatic carbocycles. The molecule has 3 heteroatoms. The fraction of sp³-hybridized carbons (Fsp3) is 0.529. The van der Waals surface area contributed by atoms with E-state index in [1.807, 2.05) is 0 Å². The van der Waals surface area contributed by atoms with Gasteiger partial charge in [-0.3, -0.25) is 0 Å². The third kappa shape index (κ3) is 3.05. The number of ether oxygens (including phenoxy) is 1. The molecule has 0 aliphatic rings. The quantitative estimate of drug-likeness (QED) is 0.820. The lowest BCUT2D eigenvalue weighted by Gasteiger charge is -2.11. The van der Waals surface area contributed by atoms with E-state index >= 15 is 0 Å². The molecule has 2 rings (SSSR count). The molecule has 0 radical (unpaired) electrons. The molecule has 1 aromatic heterocycles. The van der Waals surface area contributed by atoms with E-state index in [1.165, 1.54) is 27.7 Å². The van der Waals surface area contributed by atoms with Crippen LogP contribution in [0.15, 0.2) is 18.2 Å². The Morgan fingerprint density at radius 1 is 1.25 bits per heavy atom. The molecule has 1 heterocycles. The van der Waals surface area contributed by atoms with Gasteiger partial charge in [-0.05, 0) is 43.0 Å². The van der Waals surface area contributed by atoms with E-state index in [0.717, 1.165) is 19.8 Å². The number of fused-ring (bicyclic) bond motifs is 1. The number of hydrogen-bond acceptors (Lipinski definition) is 2. The zero-order valence-corrected chi connectivity index (χ0v) is 13.1. The van der Waals surface area contributed by atoms with Crippen LogP contribution in [0, 0.1) is 19.8 Å². The molecule has 0 atom stereocenters. The highest BCUT2D eigenvalue weighted by Gasteiger charge is 2.11. The first kappa shape index (κ1) is 15.1. The topological polar surface area (TPSA) is 40.2 Å². The number of benzene rings is 1. The van der Waals surface area contributed by atoms with Crippen molar-refractivity contribution in [2.75, 3.05) is 13.2 Å². The van der Waals surface area contributed by atoms with Crippen LogP contribution in [0.2, 0.25) is 0 Å². The van der Waals surface area contributed by atoms with Crippen LogP contribution in [0.5, 0.6) is 0 Å². The highest BCUT2D eigenvalue weighted by Crippen LogP contribution is 2.26. The molecule has 0 saturated carbocycles. The normalized spacial score (nSPS) is 11.7. The second-order valence-corrected chi connectivity index (χ2v) is 5.89. The molecule has 0 aliphatic heterocycles. The highest BCUT2D eigenvalue weighted by atomic mass is 16.5. The van der Waals surface area contributed by atoms with E-state index in [0.29, 0.717) is 12.5 Å². The predicted molar refractivity (Wildman–Crippen MR) is 85.0 cm³/mol. The fourth-order valence-corrected chi connectivity index (χ4v) is 2.59. The van der Waals surface area contributed by atoms with Gasteiger partial charge < -0.3 is 15.0 Å². The molecule has 2 N–H and O–H groups in total. The Morgan fingerprint density at radius 2 is 2.00 bits per heavy atom. The van der Waals surface area contributed by atoms with Gasteiger partial charge in [0, 0.05) is 36.3 Å². The van der Waals surface area contributed by atoms with Gasteiger partial charge in [-0.25, -0.2) is 0 Å². The van der Waals surface area contributed by atoms with Gasteiger partial charge in [0.15, 0.2) is 0 Å². The molecule has 0 aliphatic carbocycles. The maximum Gasteiger partial charge on any atom is 0.0645 e. The minimum Gasteiger partial charge on any atom is -0.379 e. The van der Waals surface area contributed by atoms with Gasteiger partial charge in [0.05, 0.1) is 6.61 Å². The molecule has 0 fully saturated rings. The van der Waals surface area contributed by atoms with Crippen molar-refractivity contribution in [3.63, 3.8) is 0 Å². The number of nitrogens with two attached hydrogens (primary N) is 1. The second kappa shape index (κ2) is 6.42. The van der Waals surface area contributed by atoms with Gasteiger partial charge in [-0.15, -0.1) is 0 Å². The van der Waals surface area contributed by atoms with Crippen LogP contribution in [-0.2, 0) is 17.8 Å². The summed E-state index contributed by atoms with van der Waals surface area (Å²) < 4.78 is 8.07. The zero-order chi connectivity index (χ0) is 14.7. The molecule has 0 saturated heterocycles. The van der Waals surface area contributed by atoms with Crippen molar-refractivity contribution in [2.24, 2.45) is 11.7 Å². The van der Waals surface area contributed by atoms with E-state index in [2.05, 4.69) is 50.5 Å². The third-order valence-corrected chi connectivity index (χ3v) is 3.85. The minimum atomic E-state index is 0.589. The van der Waals surface area contributed by atoms with E-state index in [4.69, 9.17) is 10.5 Å². The minimum absolute atomic E-state index is 0.589. The largest absolute Gasteiger partial charge is 0.379 e. The summed E-state index contributed by atoms with van der Waals surface area (Å²) in [5.74, 6) is 0.589. The van der Waals surface area contributed by atoms with Crippen molar-refractivity contribution in [1.29, 1.82) is 0 Å². The smallest absolute Gasteiger partial charge is 0.0645 e. The average Bonchev–Trinajstić information content (AvgIpc) is 2.67. The van der Waals surface area contributed by atoms with E-state index in [9.17, 15) is 0 Å². The van der Waals surface area contributed by atoms with Crippen molar-refractivity contribution in [3.05, 3.63) is 35.0 Å². The first-order valence-electron chi connectivity index (χ1n) is 7.40. The number of nitrogens with zero attached hydrogens (tertiary/aromatic N) is 1. The fourth-order valence-electron chi connectivity index (χ4n) is 2.59.